The van der Waals surface area contributed by atoms with Crippen molar-refractivity contribution >= 4 is 27.3 Å². The summed E-state index contributed by atoms with van der Waals surface area (Å²) in [4.78, 5) is 15.5. The molecule has 1 saturated carbocycles. The molecule has 5 nitrogen and oxygen atoms in total. The van der Waals surface area contributed by atoms with E-state index in [0.29, 0.717) is 30.4 Å². The molecule has 134 valence electrons. The molecule has 2 heterocycles. The minimum Gasteiger partial charge on any atom is -0.340 e. The normalized spacial score (nSPS) is 21.1. The third-order valence-corrected chi connectivity index (χ3v) is 8.68. The Kier molecular flexibility index (Phi) is 5.62. The summed E-state index contributed by atoms with van der Waals surface area (Å²) in [5, 5.41) is 0. The predicted octanol–water partition coefficient (Wildman–Crippen LogP) is 2.72. The van der Waals surface area contributed by atoms with Crippen molar-refractivity contribution in [1.29, 1.82) is 0 Å². The summed E-state index contributed by atoms with van der Waals surface area (Å²) in [6, 6.07) is 3.60. The molecular formula is C17H26N2O3S2. The molecule has 1 amide bonds. The molecule has 0 spiro atoms. The van der Waals surface area contributed by atoms with Gasteiger partial charge in [-0.2, -0.15) is 4.31 Å². The molecular weight excluding hydrogens is 344 g/mol. The quantitative estimate of drug-likeness (QED) is 0.819. The maximum atomic E-state index is 12.7. The molecule has 1 aliphatic heterocycles. The average molecular weight is 371 g/mol. The standard InChI is InChI=1S/C17H26N2O3S2/c1-2-15-8-9-16(23-15)24(21,22)19-12-10-18(11-13-19)17(20)14-6-4-3-5-7-14/h8-9,14H,2-7,10-13H2,1H3. The van der Waals surface area contributed by atoms with Gasteiger partial charge in [-0.3, -0.25) is 4.79 Å². The molecule has 2 aliphatic rings. The van der Waals surface area contributed by atoms with Gasteiger partial charge >= 0.3 is 0 Å². The van der Waals surface area contributed by atoms with E-state index in [1.165, 1.54) is 22.1 Å². The van der Waals surface area contributed by atoms with E-state index in [0.717, 1.165) is 37.0 Å². The molecule has 0 N–H and O–H groups in total. The number of hydrogen-bond acceptors (Lipinski definition) is 4. The zero-order valence-corrected chi connectivity index (χ0v) is 15.9. The number of carbonyl (C=O) groups excluding carboxylic acids is 1. The fourth-order valence-electron chi connectivity index (χ4n) is 3.57. The maximum Gasteiger partial charge on any atom is 0.252 e. The topological polar surface area (TPSA) is 57.7 Å². The Morgan fingerprint density at radius 3 is 2.38 bits per heavy atom. The number of piperazine rings is 1. The summed E-state index contributed by atoms with van der Waals surface area (Å²) in [6.07, 6.45) is 6.35. The van der Waals surface area contributed by atoms with Gasteiger partial charge in [-0.05, 0) is 31.4 Å². The Morgan fingerprint density at radius 2 is 1.79 bits per heavy atom. The van der Waals surface area contributed by atoms with Crippen LogP contribution in [0.25, 0.3) is 0 Å². The number of aryl methyl sites for hydroxylation is 1. The molecule has 1 saturated heterocycles. The molecule has 1 aromatic rings. The zero-order chi connectivity index (χ0) is 17.2. The van der Waals surface area contributed by atoms with Crippen LogP contribution < -0.4 is 0 Å². The van der Waals surface area contributed by atoms with E-state index in [1.54, 1.807) is 6.07 Å². The summed E-state index contributed by atoms with van der Waals surface area (Å²) < 4.78 is 27.4. The lowest BCUT2D eigenvalue weighted by Gasteiger charge is -2.36. The van der Waals surface area contributed by atoms with E-state index >= 15 is 0 Å². The van der Waals surface area contributed by atoms with Crippen molar-refractivity contribution in [3.63, 3.8) is 0 Å². The molecule has 0 atom stereocenters. The van der Waals surface area contributed by atoms with Crippen molar-refractivity contribution in [2.24, 2.45) is 5.92 Å². The fraction of sp³-hybridized carbons (Fsp3) is 0.706. The van der Waals surface area contributed by atoms with Crippen molar-refractivity contribution in [1.82, 2.24) is 9.21 Å². The number of rotatable bonds is 4. The largest absolute Gasteiger partial charge is 0.340 e. The number of carbonyl (C=O) groups is 1. The number of nitrogens with zero attached hydrogens (tertiary/aromatic N) is 2. The molecule has 1 aromatic heterocycles. The molecule has 0 radical (unpaired) electrons. The highest BCUT2D eigenvalue weighted by molar-refractivity contribution is 7.91. The van der Waals surface area contributed by atoms with Crippen molar-refractivity contribution in [2.45, 2.75) is 49.7 Å². The predicted molar refractivity (Wildman–Crippen MR) is 95.6 cm³/mol. The van der Waals surface area contributed by atoms with Gasteiger partial charge in [-0.1, -0.05) is 26.2 Å². The van der Waals surface area contributed by atoms with Crippen molar-refractivity contribution in [3.8, 4) is 0 Å². The van der Waals surface area contributed by atoms with Crippen LogP contribution in [-0.4, -0.2) is 49.7 Å². The maximum absolute atomic E-state index is 12.7. The first-order valence-corrected chi connectivity index (χ1v) is 11.2. The van der Waals surface area contributed by atoms with Gasteiger partial charge in [0.2, 0.25) is 5.91 Å². The molecule has 2 fully saturated rings. The van der Waals surface area contributed by atoms with Gasteiger partial charge in [0.25, 0.3) is 10.0 Å². The molecule has 7 heteroatoms. The second kappa shape index (κ2) is 7.54. The first kappa shape index (κ1) is 17.9. The average Bonchev–Trinajstić information content (AvgIpc) is 3.12. The molecule has 0 bridgehead atoms. The fourth-order valence-corrected chi connectivity index (χ4v) is 6.44. The van der Waals surface area contributed by atoms with E-state index < -0.39 is 10.0 Å². The minimum absolute atomic E-state index is 0.159. The Balaban J connectivity index is 1.60. The van der Waals surface area contributed by atoms with Gasteiger partial charge in [-0.15, -0.1) is 11.3 Å². The SMILES string of the molecule is CCc1ccc(S(=O)(=O)N2CCN(C(=O)C3CCCCC3)CC2)s1. The van der Waals surface area contributed by atoms with Crippen LogP contribution in [0.15, 0.2) is 16.3 Å². The molecule has 1 aliphatic carbocycles. The minimum atomic E-state index is -3.41. The molecule has 3 rings (SSSR count). The van der Waals surface area contributed by atoms with Crippen LogP contribution in [0.3, 0.4) is 0 Å². The third kappa shape index (κ3) is 3.68. The van der Waals surface area contributed by atoms with Crippen molar-refractivity contribution < 1.29 is 13.2 Å². The van der Waals surface area contributed by atoms with Crippen LogP contribution in [0, 0.1) is 5.92 Å². The van der Waals surface area contributed by atoms with E-state index in [4.69, 9.17) is 0 Å². The number of amides is 1. The van der Waals surface area contributed by atoms with Gasteiger partial charge in [-0.25, -0.2) is 8.42 Å². The lowest BCUT2D eigenvalue weighted by molar-refractivity contribution is -0.137. The zero-order valence-electron chi connectivity index (χ0n) is 14.2. The monoisotopic (exact) mass is 370 g/mol. The highest BCUT2D eigenvalue weighted by Gasteiger charge is 2.33. The second-order valence-electron chi connectivity index (χ2n) is 6.64. The van der Waals surface area contributed by atoms with Crippen LogP contribution >= 0.6 is 11.3 Å². The summed E-state index contributed by atoms with van der Waals surface area (Å²) in [5.74, 6) is 0.391. The summed E-state index contributed by atoms with van der Waals surface area (Å²) in [7, 11) is -3.41. The van der Waals surface area contributed by atoms with Gasteiger partial charge in [0.15, 0.2) is 0 Å². The molecule has 24 heavy (non-hydrogen) atoms. The Bertz CT molecular complexity index is 670. The van der Waals surface area contributed by atoms with Crippen LogP contribution in [0.5, 0.6) is 0 Å². The Morgan fingerprint density at radius 1 is 1.12 bits per heavy atom. The van der Waals surface area contributed by atoms with Crippen molar-refractivity contribution in [3.05, 3.63) is 17.0 Å². The van der Waals surface area contributed by atoms with Gasteiger partial charge in [0.05, 0.1) is 0 Å². The summed E-state index contributed by atoms with van der Waals surface area (Å²) in [5.41, 5.74) is 0. The van der Waals surface area contributed by atoms with Gasteiger partial charge in [0, 0.05) is 37.0 Å². The van der Waals surface area contributed by atoms with Crippen LogP contribution in [0.4, 0.5) is 0 Å². The Hall–Kier alpha value is -0.920. The smallest absolute Gasteiger partial charge is 0.252 e. The van der Waals surface area contributed by atoms with E-state index in [9.17, 15) is 13.2 Å². The number of sulfonamides is 1. The third-order valence-electron chi connectivity index (χ3n) is 5.08. The molecule has 0 aromatic carbocycles. The first-order valence-electron chi connectivity index (χ1n) is 8.90. The first-order chi connectivity index (χ1) is 11.5. The number of thiophene rings is 1. The Labute approximate surface area is 148 Å². The highest BCUT2D eigenvalue weighted by atomic mass is 32.2. The van der Waals surface area contributed by atoms with Crippen molar-refractivity contribution in [2.75, 3.05) is 26.2 Å². The van der Waals surface area contributed by atoms with E-state index in [2.05, 4.69) is 0 Å². The van der Waals surface area contributed by atoms with E-state index in [-0.39, 0.29) is 11.8 Å². The summed E-state index contributed by atoms with van der Waals surface area (Å²) in [6.45, 7) is 3.86. The van der Waals surface area contributed by atoms with Gasteiger partial charge < -0.3 is 4.90 Å². The summed E-state index contributed by atoms with van der Waals surface area (Å²) >= 11 is 1.35. The lowest BCUT2D eigenvalue weighted by Crippen LogP contribution is -2.51. The van der Waals surface area contributed by atoms with Gasteiger partial charge in [0.1, 0.15) is 4.21 Å². The van der Waals surface area contributed by atoms with E-state index in [1.807, 2.05) is 17.9 Å². The van der Waals surface area contributed by atoms with Crippen LogP contribution in [0.2, 0.25) is 0 Å². The number of hydrogen-bond donors (Lipinski definition) is 0. The highest BCUT2D eigenvalue weighted by Crippen LogP contribution is 2.28. The van der Waals surface area contributed by atoms with Crippen LogP contribution in [0.1, 0.15) is 43.9 Å². The lowest BCUT2D eigenvalue weighted by atomic mass is 9.88. The second-order valence-corrected chi connectivity index (χ2v) is 9.97. The molecule has 0 unspecified atom stereocenters. The van der Waals surface area contributed by atoms with Crippen LogP contribution in [-0.2, 0) is 21.2 Å².